The van der Waals surface area contributed by atoms with E-state index in [0.717, 1.165) is 5.56 Å². The molecule has 2 aromatic rings. The molecular formula is C16H16N2O3S. The number of nitro benzene ring substituents is 1. The first-order chi connectivity index (χ1) is 10.6. The average molecular weight is 316 g/mol. The van der Waals surface area contributed by atoms with Crippen molar-refractivity contribution >= 4 is 29.0 Å². The second kappa shape index (κ2) is 7.61. The van der Waals surface area contributed by atoms with Crippen LogP contribution in [0.4, 0.5) is 11.4 Å². The summed E-state index contributed by atoms with van der Waals surface area (Å²) in [7, 11) is 0. The van der Waals surface area contributed by atoms with Crippen molar-refractivity contribution in [3.8, 4) is 0 Å². The molecular weight excluding hydrogens is 300 g/mol. The minimum atomic E-state index is -0.484. The van der Waals surface area contributed by atoms with Gasteiger partial charge in [-0.25, -0.2) is 0 Å². The molecule has 0 aliphatic carbocycles. The second-order valence-corrected chi connectivity index (χ2v) is 6.05. The zero-order valence-electron chi connectivity index (χ0n) is 12.1. The van der Waals surface area contributed by atoms with Crippen molar-refractivity contribution in [3.63, 3.8) is 0 Å². The molecule has 0 unspecified atom stereocenters. The van der Waals surface area contributed by atoms with E-state index in [4.69, 9.17) is 0 Å². The van der Waals surface area contributed by atoms with Gasteiger partial charge in [0.05, 0.1) is 10.7 Å². The third-order valence-corrected chi connectivity index (χ3v) is 4.28. The predicted molar refractivity (Wildman–Crippen MR) is 89.0 cm³/mol. The van der Waals surface area contributed by atoms with E-state index in [1.54, 1.807) is 12.1 Å². The minimum Gasteiger partial charge on any atom is -0.325 e. The monoisotopic (exact) mass is 316 g/mol. The number of anilines is 1. The summed E-state index contributed by atoms with van der Waals surface area (Å²) in [5.41, 5.74) is 1.56. The maximum absolute atomic E-state index is 11.9. The Morgan fingerprint density at radius 2 is 1.95 bits per heavy atom. The number of nitrogens with zero attached hydrogens (tertiary/aromatic N) is 1. The van der Waals surface area contributed by atoms with Crippen molar-refractivity contribution in [2.24, 2.45) is 0 Å². The fraction of sp³-hybridized carbons (Fsp3) is 0.188. The fourth-order valence-corrected chi connectivity index (χ4v) is 2.74. The van der Waals surface area contributed by atoms with E-state index in [0.29, 0.717) is 11.4 Å². The highest BCUT2D eigenvalue weighted by molar-refractivity contribution is 8.00. The van der Waals surface area contributed by atoms with Crippen molar-refractivity contribution in [2.75, 3.05) is 11.1 Å². The highest BCUT2D eigenvalue weighted by Gasteiger charge is 2.11. The Morgan fingerprint density at radius 3 is 2.64 bits per heavy atom. The van der Waals surface area contributed by atoms with E-state index in [1.807, 2.05) is 37.3 Å². The number of hydrogen-bond donors (Lipinski definition) is 1. The van der Waals surface area contributed by atoms with Crippen molar-refractivity contribution in [2.45, 2.75) is 12.2 Å². The van der Waals surface area contributed by atoms with E-state index in [-0.39, 0.29) is 16.8 Å². The Bertz CT molecular complexity index is 661. The molecule has 6 heteroatoms. The maximum atomic E-state index is 11.9. The number of nitrogens with one attached hydrogen (secondary N) is 1. The molecule has 1 atom stereocenters. The van der Waals surface area contributed by atoms with Crippen molar-refractivity contribution < 1.29 is 9.72 Å². The fourth-order valence-electron chi connectivity index (χ4n) is 1.92. The first-order valence-corrected chi connectivity index (χ1v) is 7.82. The Morgan fingerprint density at radius 1 is 1.23 bits per heavy atom. The summed E-state index contributed by atoms with van der Waals surface area (Å²) in [6, 6.07) is 15.9. The van der Waals surface area contributed by atoms with Crippen LogP contribution in [0.15, 0.2) is 54.6 Å². The number of benzene rings is 2. The minimum absolute atomic E-state index is 0.0388. The lowest BCUT2D eigenvalue weighted by molar-refractivity contribution is -0.384. The van der Waals surface area contributed by atoms with E-state index in [9.17, 15) is 14.9 Å². The third kappa shape index (κ3) is 4.60. The molecule has 0 fully saturated rings. The van der Waals surface area contributed by atoms with E-state index in [1.165, 1.54) is 23.9 Å². The molecule has 0 aliphatic rings. The Labute approximate surface area is 132 Å². The summed E-state index contributed by atoms with van der Waals surface area (Å²) in [5, 5.41) is 13.6. The molecule has 114 valence electrons. The lowest BCUT2D eigenvalue weighted by Gasteiger charge is -2.11. The predicted octanol–water partition coefficient (Wildman–Crippen LogP) is 4.03. The van der Waals surface area contributed by atoms with Gasteiger partial charge in [0.15, 0.2) is 0 Å². The number of thioether (sulfide) groups is 1. The molecule has 22 heavy (non-hydrogen) atoms. The number of non-ortho nitro benzene ring substituents is 1. The van der Waals surface area contributed by atoms with Gasteiger partial charge in [0.2, 0.25) is 5.91 Å². The van der Waals surface area contributed by atoms with Crippen LogP contribution in [0.5, 0.6) is 0 Å². The van der Waals surface area contributed by atoms with Crippen LogP contribution in [0.2, 0.25) is 0 Å². The van der Waals surface area contributed by atoms with Gasteiger partial charge in [0.1, 0.15) is 0 Å². The number of carbonyl (C=O) groups is 1. The van der Waals surface area contributed by atoms with Crippen LogP contribution in [-0.4, -0.2) is 16.6 Å². The zero-order valence-corrected chi connectivity index (χ0v) is 12.9. The Kier molecular flexibility index (Phi) is 5.55. The van der Waals surface area contributed by atoms with Crippen LogP contribution < -0.4 is 5.32 Å². The van der Waals surface area contributed by atoms with Gasteiger partial charge in [-0.3, -0.25) is 14.9 Å². The number of hydrogen-bond acceptors (Lipinski definition) is 4. The molecule has 0 bridgehead atoms. The zero-order chi connectivity index (χ0) is 15.9. The standard InChI is InChI=1S/C16H16N2O3S/c1-12(13-6-3-2-4-7-13)22-11-16(19)17-14-8-5-9-15(10-14)18(20)21/h2-10,12H,11H2,1H3,(H,17,19)/t12-/m0/s1. The second-order valence-electron chi connectivity index (χ2n) is 4.72. The van der Waals surface area contributed by atoms with Crippen molar-refractivity contribution in [1.82, 2.24) is 0 Å². The average Bonchev–Trinajstić information content (AvgIpc) is 2.53. The lowest BCUT2D eigenvalue weighted by Crippen LogP contribution is -2.14. The summed E-state index contributed by atoms with van der Waals surface area (Å²) >= 11 is 1.52. The van der Waals surface area contributed by atoms with Crippen LogP contribution in [0, 0.1) is 10.1 Å². The summed E-state index contributed by atoms with van der Waals surface area (Å²) in [6.45, 7) is 2.04. The van der Waals surface area contributed by atoms with Crippen molar-refractivity contribution in [3.05, 3.63) is 70.3 Å². The molecule has 0 radical (unpaired) electrons. The molecule has 1 N–H and O–H groups in total. The normalized spacial score (nSPS) is 11.7. The topological polar surface area (TPSA) is 72.2 Å². The molecule has 2 rings (SSSR count). The number of nitro groups is 1. The van der Waals surface area contributed by atoms with Crippen LogP contribution in [0.1, 0.15) is 17.7 Å². The van der Waals surface area contributed by atoms with Gasteiger partial charge in [0, 0.05) is 23.1 Å². The van der Waals surface area contributed by atoms with Gasteiger partial charge in [-0.15, -0.1) is 11.8 Å². The van der Waals surface area contributed by atoms with Crippen LogP contribution in [0.3, 0.4) is 0 Å². The molecule has 5 nitrogen and oxygen atoms in total. The van der Waals surface area contributed by atoms with Gasteiger partial charge in [-0.2, -0.15) is 0 Å². The number of rotatable bonds is 6. The number of carbonyl (C=O) groups excluding carboxylic acids is 1. The molecule has 0 saturated carbocycles. The smallest absolute Gasteiger partial charge is 0.271 e. The molecule has 0 heterocycles. The molecule has 1 amide bonds. The first-order valence-electron chi connectivity index (χ1n) is 6.77. The van der Waals surface area contributed by atoms with Gasteiger partial charge in [0.25, 0.3) is 5.69 Å². The van der Waals surface area contributed by atoms with Crippen LogP contribution >= 0.6 is 11.8 Å². The molecule has 0 aromatic heterocycles. The SMILES string of the molecule is C[C@H](SCC(=O)Nc1cccc([N+](=O)[O-])c1)c1ccccc1. The van der Waals surface area contributed by atoms with Crippen molar-refractivity contribution in [1.29, 1.82) is 0 Å². The highest BCUT2D eigenvalue weighted by atomic mass is 32.2. The van der Waals surface area contributed by atoms with E-state index >= 15 is 0 Å². The van der Waals surface area contributed by atoms with Gasteiger partial charge < -0.3 is 5.32 Å². The molecule has 0 spiro atoms. The summed E-state index contributed by atoms with van der Waals surface area (Å²) in [5.74, 6) is 0.118. The summed E-state index contributed by atoms with van der Waals surface area (Å²) in [6.07, 6.45) is 0. The Hall–Kier alpha value is -2.34. The highest BCUT2D eigenvalue weighted by Crippen LogP contribution is 2.27. The van der Waals surface area contributed by atoms with E-state index < -0.39 is 4.92 Å². The van der Waals surface area contributed by atoms with Gasteiger partial charge in [-0.05, 0) is 18.6 Å². The van der Waals surface area contributed by atoms with Gasteiger partial charge in [-0.1, -0.05) is 36.4 Å². The quantitative estimate of drug-likeness (QED) is 0.645. The van der Waals surface area contributed by atoms with Crippen LogP contribution in [-0.2, 0) is 4.79 Å². The van der Waals surface area contributed by atoms with Gasteiger partial charge >= 0.3 is 0 Å². The van der Waals surface area contributed by atoms with Crippen LogP contribution in [0.25, 0.3) is 0 Å². The summed E-state index contributed by atoms with van der Waals surface area (Å²) in [4.78, 5) is 22.1. The third-order valence-electron chi connectivity index (χ3n) is 3.07. The Balaban J connectivity index is 1.88. The molecule has 0 aliphatic heterocycles. The molecule has 0 saturated heterocycles. The largest absolute Gasteiger partial charge is 0.325 e. The summed E-state index contributed by atoms with van der Waals surface area (Å²) < 4.78 is 0. The maximum Gasteiger partial charge on any atom is 0.271 e. The number of amides is 1. The molecule has 2 aromatic carbocycles. The van der Waals surface area contributed by atoms with E-state index in [2.05, 4.69) is 5.32 Å². The lowest BCUT2D eigenvalue weighted by atomic mass is 10.2. The first kappa shape index (κ1) is 16.0.